The summed E-state index contributed by atoms with van der Waals surface area (Å²) in [5, 5.41) is 4.01. The van der Waals surface area contributed by atoms with Crippen molar-refractivity contribution in [3.63, 3.8) is 0 Å². The first-order chi connectivity index (χ1) is 16.9. The SMILES string of the molecule is C#CC(=O)N1[C@@H](CCN(C)C)Cc2c([nH]c3ccccc23)[C@@H]1c1ccc(C(=O)NCCOC)cc1. The Morgan fingerprint density at radius 1 is 1.20 bits per heavy atom. The zero-order valence-electron chi connectivity index (χ0n) is 20.5. The van der Waals surface area contributed by atoms with Crippen molar-refractivity contribution in [1.29, 1.82) is 0 Å². The van der Waals surface area contributed by atoms with E-state index in [0.29, 0.717) is 18.7 Å². The lowest BCUT2D eigenvalue weighted by atomic mass is 9.86. The van der Waals surface area contributed by atoms with Crippen LogP contribution in [-0.4, -0.2) is 73.5 Å². The van der Waals surface area contributed by atoms with Crippen LogP contribution in [0.2, 0.25) is 0 Å². The minimum absolute atomic E-state index is 0.0466. The molecule has 2 atom stereocenters. The van der Waals surface area contributed by atoms with E-state index < -0.39 is 0 Å². The third-order valence-electron chi connectivity index (χ3n) is 6.58. The second-order valence-electron chi connectivity index (χ2n) is 9.14. The molecule has 1 aromatic heterocycles. The predicted octanol–water partition coefficient (Wildman–Crippen LogP) is 2.97. The number of carbonyl (C=O) groups is 2. The molecule has 0 radical (unpaired) electrons. The Labute approximate surface area is 206 Å². The molecule has 0 aliphatic carbocycles. The molecule has 2 aromatic carbocycles. The molecule has 0 fully saturated rings. The lowest BCUT2D eigenvalue weighted by Gasteiger charge is -2.42. The van der Waals surface area contributed by atoms with Gasteiger partial charge in [-0.05, 0) is 68.7 Å². The molecule has 2 amide bonds. The van der Waals surface area contributed by atoms with Crippen molar-refractivity contribution in [3.05, 3.63) is 70.9 Å². The third kappa shape index (κ3) is 5.09. The normalized spacial score (nSPS) is 17.3. The number of H-pyrrole nitrogens is 1. The number of methoxy groups -OCH3 is 1. The van der Waals surface area contributed by atoms with Gasteiger partial charge in [-0.15, -0.1) is 6.42 Å². The molecule has 7 nitrogen and oxygen atoms in total. The van der Waals surface area contributed by atoms with Crippen LogP contribution in [0, 0.1) is 12.3 Å². The summed E-state index contributed by atoms with van der Waals surface area (Å²) in [6.45, 7) is 1.73. The molecule has 2 heterocycles. The van der Waals surface area contributed by atoms with Gasteiger partial charge in [0.2, 0.25) is 0 Å². The predicted molar refractivity (Wildman–Crippen MR) is 137 cm³/mol. The van der Waals surface area contributed by atoms with Crippen molar-refractivity contribution in [2.24, 2.45) is 0 Å². The highest BCUT2D eigenvalue weighted by molar-refractivity contribution is 5.95. The Hall–Kier alpha value is -3.60. The number of benzene rings is 2. The average Bonchev–Trinajstić information content (AvgIpc) is 3.24. The Kier molecular flexibility index (Phi) is 7.54. The molecule has 2 N–H and O–H groups in total. The van der Waals surface area contributed by atoms with Crippen molar-refractivity contribution in [1.82, 2.24) is 20.1 Å². The van der Waals surface area contributed by atoms with Gasteiger partial charge in [0.15, 0.2) is 0 Å². The van der Waals surface area contributed by atoms with E-state index in [1.54, 1.807) is 19.2 Å². The van der Waals surface area contributed by atoms with E-state index in [9.17, 15) is 9.59 Å². The number of ether oxygens (including phenoxy) is 1. The highest BCUT2D eigenvalue weighted by atomic mass is 16.5. The number of para-hydroxylation sites is 1. The van der Waals surface area contributed by atoms with Crippen LogP contribution < -0.4 is 5.32 Å². The minimum atomic E-state index is -0.368. The molecular formula is C28H32N4O3. The van der Waals surface area contributed by atoms with E-state index in [2.05, 4.69) is 33.3 Å². The second kappa shape index (κ2) is 10.8. The molecule has 3 aromatic rings. The maximum atomic E-state index is 13.1. The second-order valence-corrected chi connectivity index (χ2v) is 9.14. The molecule has 7 heteroatoms. The molecule has 0 spiro atoms. The maximum absolute atomic E-state index is 13.1. The first kappa shape index (κ1) is 24.5. The van der Waals surface area contributed by atoms with Crippen LogP contribution in [0.4, 0.5) is 0 Å². The van der Waals surface area contributed by atoms with Crippen LogP contribution in [0.3, 0.4) is 0 Å². The fourth-order valence-electron chi connectivity index (χ4n) is 4.88. The van der Waals surface area contributed by atoms with Crippen LogP contribution in [0.1, 0.15) is 39.6 Å². The monoisotopic (exact) mass is 472 g/mol. The van der Waals surface area contributed by atoms with Gasteiger partial charge in [0.25, 0.3) is 11.8 Å². The Balaban J connectivity index is 1.77. The zero-order chi connectivity index (χ0) is 24.9. The number of terminal acetylenes is 1. The largest absolute Gasteiger partial charge is 0.383 e. The molecule has 4 rings (SSSR count). The number of aromatic nitrogens is 1. The number of nitrogens with one attached hydrogen (secondary N) is 2. The van der Waals surface area contributed by atoms with E-state index in [-0.39, 0.29) is 23.9 Å². The van der Waals surface area contributed by atoms with Gasteiger partial charge in [-0.3, -0.25) is 9.59 Å². The van der Waals surface area contributed by atoms with Gasteiger partial charge in [-0.25, -0.2) is 0 Å². The molecular weight excluding hydrogens is 440 g/mol. The average molecular weight is 473 g/mol. The van der Waals surface area contributed by atoms with Gasteiger partial charge in [-0.2, -0.15) is 0 Å². The van der Waals surface area contributed by atoms with Crippen LogP contribution >= 0.6 is 0 Å². The maximum Gasteiger partial charge on any atom is 0.299 e. The van der Waals surface area contributed by atoms with E-state index in [4.69, 9.17) is 11.2 Å². The van der Waals surface area contributed by atoms with Gasteiger partial charge in [0.05, 0.1) is 12.6 Å². The summed E-state index contributed by atoms with van der Waals surface area (Å²) < 4.78 is 5.00. The van der Waals surface area contributed by atoms with Crippen molar-refractivity contribution in [2.45, 2.75) is 24.9 Å². The number of hydrogen-bond acceptors (Lipinski definition) is 4. The van der Waals surface area contributed by atoms with Gasteiger partial charge < -0.3 is 24.8 Å². The zero-order valence-corrected chi connectivity index (χ0v) is 20.5. The topological polar surface area (TPSA) is 77.7 Å². The third-order valence-corrected chi connectivity index (χ3v) is 6.58. The number of aromatic amines is 1. The number of carbonyl (C=O) groups excluding carboxylic acids is 2. The molecule has 35 heavy (non-hydrogen) atoms. The minimum Gasteiger partial charge on any atom is -0.383 e. The molecule has 0 saturated heterocycles. The lowest BCUT2D eigenvalue weighted by Crippen LogP contribution is -2.48. The van der Waals surface area contributed by atoms with Gasteiger partial charge >= 0.3 is 0 Å². The van der Waals surface area contributed by atoms with Crippen molar-refractivity contribution >= 4 is 22.7 Å². The summed E-state index contributed by atoms with van der Waals surface area (Å²) in [5.41, 5.74) is 4.70. The van der Waals surface area contributed by atoms with Gasteiger partial charge in [0.1, 0.15) is 0 Å². The van der Waals surface area contributed by atoms with Crippen LogP contribution in [0.25, 0.3) is 10.9 Å². The Morgan fingerprint density at radius 2 is 1.94 bits per heavy atom. The van der Waals surface area contributed by atoms with Gasteiger partial charge in [-0.1, -0.05) is 30.3 Å². The highest BCUT2D eigenvalue weighted by Crippen LogP contribution is 2.41. The molecule has 0 bridgehead atoms. The number of nitrogens with zero attached hydrogens (tertiary/aromatic N) is 2. The van der Waals surface area contributed by atoms with Crippen molar-refractivity contribution in [2.75, 3.05) is 40.9 Å². The van der Waals surface area contributed by atoms with Crippen LogP contribution in [-0.2, 0) is 16.0 Å². The van der Waals surface area contributed by atoms with Crippen LogP contribution in [0.15, 0.2) is 48.5 Å². The summed E-state index contributed by atoms with van der Waals surface area (Å²) in [7, 11) is 5.65. The Bertz CT molecular complexity index is 1240. The number of hydrogen-bond donors (Lipinski definition) is 2. The molecule has 182 valence electrons. The van der Waals surface area contributed by atoms with E-state index in [1.807, 2.05) is 43.3 Å². The summed E-state index contributed by atoms with van der Waals surface area (Å²) in [5.74, 6) is 1.87. The summed E-state index contributed by atoms with van der Waals surface area (Å²) >= 11 is 0. The fourth-order valence-corrected chi connectivity index (χ4v) is 4.88. The lowest BCUT2D eigenvalue weighted by molar-refractivity contribution is -0.130. The first-order valence-electron chi connectivity index (χ1n) is 11.8. The van der Waals surface area contributed by atoms with Crippen molar-refractivity contribution < 1.29 is 14.3 Å². The number of rotatable bonds is 8. The molecule has 1 aliphatic heterocycles. The highest BCUT2D eigenvalue weighted by Gasteiger charge is 2.39. The number of fused-ring (bicyclic) bond motifs is 3. The smallest absolute Gasteiger partial charge is 0.299 e. The standard InChI is InChI=1S/C28H32N4O3/c1-5-25(33)32-21(14-16-31(2)3)18-23-22-8-6-7-9-24(22)30-26(23)27(32)19-10-12-20(13-11-19)28(34)29-15-17-35-4/h1,6-13,21,27,30H,14-18H2,2-4H3,(H,29,34)/t21-,27-/m0/s1. The quantitative estimate of drug-likeness (QED) is 0.390. The summed E-state index contributed by atoms with van der Waals surface area (Å²) in [6.07, 6.45) is 7.19. The van der Waals surface area contributed by atoms with E-state index in [0.717, 1.165) is 36.2 Å². The molecule has 1 aliphatic rings. The van der Waals surface area contributed by atoms with Crippen LogP contribution in [0.5, 0.6) is 0 Å². The number of amides is 2. The van der Waals surface area contributed by atoms with E-state index in [1.165, 1.54) is 10.9 Å². The fraction of sp³-hybridized carbons (Fsp3) is 0.357. The first-order valence-corrected chi connectivity index (χ1v) is 11.8. The summed E-state index contributed by atoms with van der Waals surface area (Å²) in [4.78, 5) is 33.1. The summed E-state index contributed by atoms with van der Waals surface area (Å²) in [6, 6.07) is 15.2. The van der Waals surface area contributed by atoms with E-state index >= 15 is 0 Å². The van der Waals surface area contributed by atoms with Crippen molar-refractivity contribution in [3.8, 4) is 12.3 Å². The molecule has 0 unspecified atom stereocenters. The Morgan fingerprint density at radius 3 is 2.63 bits per heavy atom. The molecule has 0 saturated carbocycles. The van der Waals surface area contributed by atoms with Gasteiger partial charge in [0, 0.05) is 41.9 Å².